The van der Waals surface area contributed by atoms with Crippen LogP contribution in [0.2, 0.25) is 0 Å². The zero-order valence-corrected chi connectivity index (χ0v) is 10.6. The number of hydrogen-bond donors (Lipinski definition) is 1. The topological polar surface area (TPSA) is 64.3 Å². The van der Waals surface area contributed by atoms with Crippen LogP contribution in [0, 0.1) is 0 Å². The molecule has 2 rings (SSSR count). The molecule has 5 nitrogen and oxygen atoms in total. The van der Waals surface area contributed by atoms with E-state index in [0.717, 1.165) is 26.0 Å². The Balaban J connectivity index is 2.04. The second-order valence-electron chi connectivity index (χ2n) is 4.12. The van der Waals surface area contributed by atoms with Crippen molar-refractivity contribution in [3.05, 3.63) is 18.0 Å². The monoisotopic (exact) mass is 252 g/mol. The maximum absolute atomic E-state index is 5.58. The first kappa shape index (κ1) is 12.2. The summed E-state index contributed by atoms with van der Waals surface area (Å²) in [4.78, 5) is 10.8. The van der Waals surface area contributed by atoms with Crippen molar-refractivity contribution in [3.63, 3.8) is 0 Å². The quantitative estimate of drug-likeness (QED) is 0.797. The van der Waals surface area contributed by atoms with Crippen LogP contribution in [0.5, 0.6) is 0 Å². The number of anilines is 1. The van der Waals surface area contributed by atoms with Crippen LogP contribution in [0.3, 0.4) is 0 Å². The molecular weight excluding hydrogens is 236 g/mol. The van der Waals surface area contributed by atoms with Gasteiger partial charge in [-0.1, -0.05) is 12.2 Å². The van der Waals surface area contributed by atoms with Gasteiger partial charge < -0.3 is 15.4 Å². The van der Waals surface area contributed by atoms with E-state index >= 15 is 0 Å². The van der Waals surface area contributed by atoms with Crippen molar-refractivity contribution in [1.82, 2.24) is 9.97 Å². The molecule has 1 fully saturated rings. The van der Waals surface area contributed by atoms with E-state index in [2.05, 4.69) is 9.97 Å². The van der Waals surface area contributed by atoms with Crippen LogP contribution in [0.1, 0.15) is 18.5 Å². The lowest BCUT2D eigenvalue weighted by molar-refractivity contribution is 0.116. The van der Waals surface area contributed by atoms with Crippen LogP contribution in [0.25, 0.3) is 0 Å². The van der Waals surface area contributed by atoms with E-state index in [1.165, 1.54) is 0 Å². The van der Waals surface area contributed by atoms with Gasteiger partial charge in [-0.25, -0.2) is 9.97 Å². The number of rotatable bonds is 4. The standard InChI is InChI=1S/C11H16N4OS/c1-15(7-8-3-2-6-16-8)11-13-5-4-9(14-11)10(12)17/h4-5,8H,2-3,6-7H2,1H3,(H2,12,17). The van der Waals surface area contributed by atoms with Crippen LogP contribution < -0.4 is 10.6 Å². The van der Waals surface area contributed by atoms with Crippen LogP contribution in [0.15, 0.2) is 12.3 Å². The number of ether oxygens (including phenoxy) is 1. The van der Waals surface area contributed by atoms with E-state index in [1.807, 2.05) is 11.9 Å². The van der Waals surface area contributed by atoms with Gasteiger partial charge in [0.05, 0.1) is 6.10 Å². The van der Waals surface area contributed by atoms with E-state index in [1.54, 1.807) is 12.3 Å². The predicted molar refractivity (Wildman–Crippen MR) is 70.2 cm³/mol. The molecule has 1 aliphatic heterocycles. The third-order valence-electron chi connectivity index (χ3n) is 2.74. The highest BCUT2D eigenvalue weighted by Crippen LogP contribution is 2.15. The summed E-state index contributed by atoms with van der Waals surface area (Å²) in [7, 11) is 1.94. The maximum atomic E-state index is 5.58. The molecule has 1 atom stereocenters. The predicted octanol–water partition coefficient (Wildman–Crippen LogP) is 0.726. The zero-order valence-electron chi connectivity index (χ0n) is 9.80. The van der Waals surface area contributed by atoms with E-state index < -0.39 is 0 Å². The summed E-state index contributed by atoms with van der Waals surface area (Å²) >= 11 is 4.90. The van der Waals surface area contributed by atoms with Crippen LogP contribution in [-0.4, -0.2) is 41.3 Å². The Morgan fingerprint density at radius 3 is 3.18 bits per heavy atom. The minimum Gasteiger partial charge on any atom is -0.388 e. The molecule has 2 heterocycles. The first-order valence-corrected chi connectivity index (χ1v) is 6.03. The molecule has 0 saturated carbocycles. The van der Waals surface area contributed by atoms with Crippen molar-refractivity contribution in [2.45, 2.75) is 18.9 Å². The molecule has 92 valence electrons. The summed E-state index contributed by atoms with van der Waals surface area (Å²) in [5, 5.41) is 0. The largest absolute Gasteiger partial charge is 0.388 e. The van der Waals surface area contributed by atoms with Crippen LogP contribution >= 0.6 is 12.2 Å². The molecule has 0 aromatic carbocycles. The molecule has 1 aromatic rings. The lowest BCUT2D eigenvalue weighted by Crippen LogP contribution is -2.30. The van der Waals surface area contributed by atoms with Crippen molar-refractivity contribution >= 4 is 23.2 Å². The molecule has 0 spiro atoms. The van der Waals surface area contributed by atoms with Gasteiger partial charge in [0, 0.05) is 26.4 Å². The number of likely N-dealkylation sites (N-methyl/N-ethyl adjacent to an activating group) is 1. The SMILES string of the molecule is CN(CC1CCCO1)c1nccc(C(N)=S)n1. The van der Waals surface area contributed by atoms with Gasteiger partial charge in [0.25, 0.3) is 0 Å². The zero-order chi connectivity index (χ0) is 12.3. The van der Waals surface area contributed by atoms with Crippen LogP contribution in [0.4, 0.5) is 5.95 Å². The van der Waals surface area contributed by atoms with E-state index in [9.17, 15) is 0 Å². The van der Waals surface area contributed by atoms with Crippen LogP contribution in [-0.2, 0) is 4.74 Å². The minimum atomic E-state index is 0.275. The Morgan fingerprint density at radius 1 is 1.71 bits per heavy atom. The second-order valence-corrected chi connectivity index (χ2v) is 4.56. The second kappa shape index (κ2) is 5.37. The Morgan fingerprint density at radius 2 is 2.53 bits per heavy atom. The molecule has 1 saturated heterocycles. The number of nitrogens with zero attached hydrogens (tertiary/aromatic N) is 3. The van der Waals surface area contributed by atoms with Gasteiger partial charge in [0.1, 0.15) is 10.7 Å². The highest BCUT2D eigenvalue weighted by molar-refractivity contribution is 7.80. The summed E-state index contributed by atoms with van der Waals surface area (Å²) in [6.45, 7) is 1.65. The van der Waals surface area contributed by atoms with Gasteiger partial charge in [0.2, 0.25) is 5.95 Å². The lowest BCUT2D eigenvalue weighted by atomic mass is 10.2. The molecule has 1 aromatic heterocycles. The number of hydrogen-bond acceptors (Lipinski definition) is 5. The first-order valence-electron chi connectivity index (χ1n) is 5.62. The van der Waals surface area contributed by atoms with Crippen molar-refractivity contribution in [3.8, 4) is 0 Å². The Labute approximate surface area is 106 Å². The molecule has 2 N–H and O–H groups in total. The molecule has 1 unspecified atom stereocenters. The Hall–Kier alpha value is -1.27. The summed E-state index contributed by atoms with van der Waals surface area (Å²) in [6, 6.07) is 1.71. The van der Waals surface area contributed by atoms with Crippen molar-refractivity contribution < 1.29 is 4.74 Å². The summed E-state index contributed by atoms with van der Waals surface area (Å²) in [6.07, 6.45) is 4.17. The van der Waals surface area contributed by atoms with Gasteiger partial charge >= 0.3 is 0 Å². The van der Waals surface area contributed by atoms with Gasteiger partial charge in [-0.2, -0.15) is 0 Å². The third kappa shape index (κ3) is 3.10. The fraction of sp³-hybridized carbons (Fsp3) is 0.545. The van der Waals surface area contributed by atoms with E-state index in [-0.39, 0.29) is 6.10 Å². The number of thiocarbonyl (C=S) groups is 1. The average Bonchev–Trinajstić information content (AvgIpc) is 2.82. The highest BCUT2D eigenvalue weighted by atomic mass is 32.1. The van der Waals surface area contributed by atoms with Crippen molar-refractivity contribution in [2.24, 2.45) is 5.73 Å². The molecule has 1 aliphatic rings. The smallest absolute Gasteiger partial charge is 0.225 e. The summed E-state index contributed by atoms with van der Waals surface area (Å²) in [5.74, 6) is 0.630. The Kier molecular flexibility index (Phi) is 3.86. The van der Waals surface area contributed by atoms with E-state index in [0.29, 0.717) is 16.6 Å². The highest BCUT2D eigenvalue weighted by Gasteiger charge is 2.18. The maximum Gasteiger partial charge on any atom is 0.225 e. The van der Waals surface area contributed by atoms with Crippen molar-refractivity contribution in [2.75, 3.05) is 25.1 Å². The molecule has 0 aliphatic carbocycles. The molecule has 6 heteroatoms. The molecule has 0 radical (unpaired) electrons. The lowest BCUT2D eigenvalue weighted by Gasteiger charge is -2.20. The molecular formula is C11H16N4OS. The van der Waals surface area contributed by atoms with Gasteiger partial charge in [-0.3, -0.25) is 0 Å². The Bertz CT molecular complexity index is 406. The summed E-state index contributed by atoms with van der Waals surface area (Å²) in [5.41, 5.74) is 6.15. The minimum absolute atomic E-state index is 0.275. The third-order valence-corrected chi connectivity index (χ3v) is 2.95. The molecule has 0 amide bonds. The normalized spacial score (nSPS) is 19.2. The van der Waals surface area contributed by atoms with Gasteiger partial charge in [0.15, 0.2) is 0 Å². The summed E-state index contributed by atoms with van der Waals surface area (Å²) < 4.78 is 5.58. The van der Waals surface area contributed by atoms with E-state index in [4.69, 9.17) is 22.7 Å². The first-order chi connectivity index (χ1) is 8.16. The number of aromatic nitrogens is 2. The molecule has 0 bridgehead atoms. The van der Waals surface area contributed by atoms with Crippen molar-refractivity contribution in [1.29, 1.82) is 0 Å². The fourth-order valence-electron chi connectivity index (χ4n) is 1.84. The fourth-order valence-corrected chi connectivity index (χ4v) is 1.96. The average molecular weight is 252 g/mol. The van der Waals surface area contributed by atoms with Gasteiger partial charge in [-0.05, 0) is 18.9 Å². The molecule has 17 heavy (non-hydrogen) atoms. The number of nitrogens with two attached hydrogens (primary N) is 1. The van der Waals surface area contributed by atoms with Gasteiger partial charge in [-0.15, -0.1) is 0 Å².